The molecule has 1 fully saturated rings. The van der Waals surface area contributed by atoms with E-state index in [1.54, 1.807) is 23.9 Å². The smallest absolute Gasteiger partial charge is 0.220 e. The Morgan fingerprint density at radius 1 is 1.36 bits per heavy atom. The fourth-order valence-electron chi connectivity index (χ4n) is 2.69. The summed E-state index contributed by atoms with van der Waals surface area (Å²) in [5.74, 6) is 1.69. The minimum atomic E-state index is -0.163. The van der Waals surface area contributed by atoms with Crippen molar-refractivity contribution in [3.8, 4) is 0 Å². The molecule has 124 valence electrons. The molecule has 1 aromatic rings. The zero-order valence-electron chi connectivity index (χ0n) is 12.6. The quantitative estimate of drug-likeness (QED) is 0.746. The van der Waals surface area contributed by atoms with E-state index >= 15 is 0 Å². The van der Waals surface area contributed by atoms with Gasteiger partial charge in [0.2, 0.25) is 5.91 Å². The van der Waals surface area contributed by atoms with Crippen molar-refractivity contribution in [2.75, 3.05) is 12.3 Å². The van der Waals surface area contributed by atoms with Gasteiger partial charge in [-0.25, -0.2) is 4.39 Å². The standard InChI is InChI=1S/C16H23FN2OS.ClH/c17-14-6-2-1-4-13(14)11-21-9-8-19-16(20)10-12-5-3-7-15(12)18;/h1-2,4,6,12,15H,3,5,7-11,18H2,(H,19,20);1H/t12-,15+;/m0./s1. The molecule has 1 saturated carbocycles. The summed E-state index contributed by atoms with van der Waals surface area (Å²) >= 11 is 1.63. The summed E-state index contributed by atoms with van der Waals surface area (Å²) in [7, 11) is 0. The Bertz CT molecular complexity index is 475. The van der Waals surface area contributed by atoms with Gasteiger partial charge in [-0.3, -0.25) is 4.79 Å². The lowest BCUT2D eigenvalue weighted by atomic mass is 10.00. The summed E-state index contributed by atoms with van der Waals surface area (Å²) in [6.45, 7) is 0.625. The number of thioether (sulfide) groups is 1. The van der Waals surface area contributed by atoms with Crippen molar-refractivity contribution in [2.24, 2.45) is 11.7 Å². The topological polar surface area (TPSA) is 55.1 Å². The first-order valence-corrected chi connectivity index (χ1v) is 8.65. The van der Waals surface area contributed by atoms with E-state index in [1.165, 1.54) is 6.07 Å². The number of halogens is 2. The van der Waals surface area contributed by atoms with Crippen LogP contribution in [0.25, 0.3) is 0 Å². The summed E-state index contributed by atoms with van der Waals surface area (Å²) in [5.41, 5.74) is 6.68. The van der Waals surface area contributed by atoms with E-state index in [-0.39, 0.29) is 30.2 Å². The molecule has 22 heavy (non-hydrogen) atoms. The predicted octanol–water partition coefficient (Wildman–Crippen LogP) is 3.11. The summed E-state index contributed by atoms with van der Waals surface area (Å²) in [5, 5.41) is 2.92. The van der Waals surface area contributed by atoms with Crippen LogP contribution in [0.5, 0.6) is 0 Å². The van der Waals surface area contributed by atoms with E-state index < -0.39 is 0 Å². The fourth-order valence-corrected chi connectivity index (χ4v) is 3.53. The Hall–Kier alpha value is -0.780. The molecule has 0 aromatic heterocycles. The molecule has 0 aliphatic heterocycles. The van der Waals surface area contributed by atoms with Crippen molar-refractivity contribution in [3.63, 3.8) is 0 Å². The van der Waals surface area contributed by atoms with E-state index in [0.29, 0.717) is 30.2 Å². The van der Waals surface area contributed by atoms with Gasteiger partial charge in [-0.05, 0) is 30.4 Å². The van der Waals surface area contributed by atoms with Crippen LogP contribution in [0.15, 0.2) is 24.3 Å². The number of nitrogens with two attached hydrogens (primary N) is 1. The van der Waals surface area contributed by atoms with E-state index in [2.05, 4.69) is 5.32 Å². The molecule has 3 nitrogen and oxygen atoms in total. The van der Waals surface area contributed by atoms with Gasteiger partial charge in [0, 0.05) is 30.5 Å². The van der Waals surface area contributed by atoms with Gasteiger partial charge in [0.05, 0.1) is 0 Å². The molecule has 1 aliphatic rings. The highest BCUT2D eigenvalue weighted by atomic mass is 35.5. The van der Waals surface area contributed by atoms with Crippen molar-refractivity contribution < 1.29 is 9.18 Å². The molecule has 1 amide bonds. The lowest BCUT2D eigenvalue weighted by Crippen LogP contribution is -2.32. The van der Waals surface area contributed by atoms with Crippen molar-refractivity contribution in [3.05, 3.63) is 35.6 Å². The minimum absolute atomic E-state index is 0. The van der Waals surface area contributed by atoms with Crippen LogP contribution in [-0.4, -0.2) is 24.2 Å². The van der Waals surface area contributed by atoms with Gasteiger partial charge in [0.25, 0.3) is 0 Å². The summed E-state index contributed by atoms with van der Waals surface area (Å²) in [6, 6.07) is 6.99. The van der Waals surface area contributed by atoms with Gasteiger partial charge in [0.1, 0.15) is 5.82 Å². The summed E-state index contributed by atoms with van der Waals surface area (Å²) in [6.07, 6.45) is 3.78. The van der Waals surface area contributed by atoms with E-state index in [0.717, 1.165) is 25.0 Å². The molecule has 2 rings (SSSR count). The van der Waals surface area contributed by atoms with E-state index in [1.807, 2.05) is 6.07 Å². The van der Waals surface area contributed by atoms with Crippen LogP contribution >= 0.6 is 24.2 Å². The van der Waals surface area contributed by atoms with Crippen molar-refractivity contribution >= 4 is 30.1 Å². The number of hydrogen-bond donors (Lipinski definition) is 2. The van der Waals surface area contributed by atoms with Crippen LogP contribution in [0.2, 0.25) is 0 Å². The SMILES string of the molecule is Cl.N[C@@H]1CCC[C@H]1CC(=O)NCCSCc1ccccc1F. The molecule has 0 heterocycles. The van der Waals surface area contributed by atoms with Crippen LogP contribution in [0.1, 0.15) is 31.2 Å². The molecule has 3 N–H and O–H groups in total. The number of carbonyl (C=O) groups excluding carboxylic acids is 1. The Balaban J connectivity index is 0.00000242. The molecule has 2 atom stereocenters. The Labute approximate surface area is 142 Å². The molecular formula is C16H24ClFN2OS. The van der Waals surface area contributed by atoms with Gasteiger partial charge in [0.15, 0.2) is 0 Å². The van der Waals surface area contributed by atoms with Gasteiger partial charge in [-0.2, -0.15) is 11.8 Å². The van der Waals surface area contributed by atoms with Gasteiger partial charge in [-0.1, -0.05) is 24.6 Å². The average molecular weight is 347 g/mol. The van der Waals surface area contributed by atoms with Crippen molar-refractivity contribution in [1.29, 1.82) is 0 Å². The molecule has 0 saturated heterocycles. The van der Waals surface area contributed by atoms with Gasteiger partial charge < -0.3 is 11.1 Å². The Morgan fingerprint density at radius 3 is 2.82 bits per heavy atom. The number of benzene rings is 1. The molecule has 0 spiro atoms. The van der Waals surface area contributed by atoms with Gasteiger partial charge >= 0.3 is 0 Å². The summed E-state index contributed by atoms with van der Waals surface area (Å²) < 4.78 is 13.4. The number of hydrogen-bond acceptors (Lipinski definition) is 3. The van der Waals surface area contributed by atoms with E-state index in [9.17, 15) is 9.18 Å². The zero-order chi connectivity index (χ0) is 15.1. The van der Waals surface area contributed by atoms with Crippen molar-refractivity contribution in [2.45, 2.75) is 37.5 Å². The second-order valence-electron chi connectivity index (χ2n) is 5.55. The maximum absolute atomic E-state index is 13.4. The fraction of sp³-hybridized carbons (Fsp3) is 0.562. The Morgan fingerprint density at radius 2 is 2.14 bits per heavy atom. The highest BCUT2D eigenvalue weighted by molar-refractivity contribution is 7.98. The van der Waals surface area contributed by atoms with Gasteiger partial charge in [-0.15, -0.1) is 12.4 Å². The first-order chi connectivity index (χ1) is 10.2. The number of carbonyl (C=O) groups is 1. The largest absolute Gasteiger partial charge is 0.355 e. The molecule has 1 aliphatic carbocycles. The van der Waals surface area contributed by atoms with Crippen LogP contribution in [0.3, 0.4) is 0 Å². The van der Waals surface area contributed by atoms with Crippen LogP contribution < -0.4 is 11.1 Å². The minimum Gasteiger partial charge on any atom is -0.355 e. The number of nitrogens with one attached hydrogen (secondary N) is 1. The second-order valence-corrected chi connectivity index (χ2v) is 6.66. The monoisotopic (exact) mass is 346 g/mol. The normalized spacial score (nSPS) is 20.5. The van der Waals surface area contributed by atoms with Crippen LogP contribution in [0, 0.1) is 11.7 Å². The number of rotatable bonds is 7. The molecule has 0 unspecified atom stereocenters. The third-order valence-corrected chi connectivity index (χ3v) is 4.96. The third-order valence-electron chi connectivity index (χ3n) is 3.95. The molecule has 0 bridgehead atoms. The maximum atomic E-state index is 13.4. The van der Waals surface area contributed by atoms with Crippen LogP contribution in [0.4, 0.5) is 4.39 Å². The average Bonchev–Trinajstić information content (AvgIpc) is 2.86. The third kappa shape index (κ3) is 6.15. The predicted molar refractivity (Wildman–Crippen MR) is 92.8 cm³/mol. The lowest BCUT2D eigenvalue weighted by Gasteiger charge is -2.14. The Kier molecular flexibility index (Phi) is 8.83. The molecule has 6 heteroatoms. The van der Waals surface area contributed by atoms with E-state index in [4.69, 9.17) is 5.73 Å². The van der Waals surface area contributed by atoms with Crippen molar-refractivity contribution in [1.82, 2.24) is 5.32 Å². The maximum Gasteiger partial charge on any atom is 0.220 e. The first-order valence-electron chi connectivity index (χ1n) is 7.50. The molecule has 0 radical (unpaired) electrons. The second kappa shape index (κ2) is 10.1. The first kappa shape index (κ1) is 19.3. The highest BCUT2D eigenvalue weighted by Gasteiger charge is 2.25. The molecule has 1 aromatic carbocycles. The highest BCUT2D eigenvalue weighted by Crippen LogP contribution is 2.26. The van der Waals surface area contributed by atoms with Crippen LogP contribution in [-0.2, 0) is 10.5 Å². The number of amides is 1. The zero-order valence-corrected chi connectivity index (χ0v) is 14.2. The lowest BCUT2D eigenvalue weighted by molar-refractivity contribution is -0.121. The molecular weight excluding hydrogens is 323 g/mol. The summed E-state index contributed by atoms with van der Waals surface area (Å²) in [4.78, 5) is 11.8.